The lowest BCUT2D eigenvalue weighted by Crippen LogP contribution is -2.44. The van der Waals surface area contributed by atoms with Crippen molar-refractivity contribution in [2.75, 3.05) is 11.1 Å². The zero-order chi connectivity index (χ0) is 10.9. The van der Waals surface area contributed by atoms with Crippen LogP contribution in [0, 0.1) is 6.92 Å². The summed E-state index contributed by atoms with van der Waals surface area (Å²) < 4.78 is 0. The molecule has 1 fully saturated rings. The van der Waals surface area contributed by atoms with Crippen LogP contribution in [0.2, 0.25) is 0 Å². The molecule has 0 aromatic carbocycles. The summed E-state index contributed by atoms with van der Waals surface area (Å²) in [7, 11) is 0. The second-order valence-corrected chi connectivity index (χ2v) is 4.55. The van der Waals surface area contributed by atoms with E-state index in [0.29, 0.717) is 5.54 Å². The Bertz CT molecular complexity index is 350. The number of nitrogen functional groups attached to an aromatic ring is 1. The number of nitrogens with one attached hydrogen (secondary N) is 1. The van der Waals surface area contributed by atoms with E-state index in [0.717, 1.165) is 17.1 Å². The molecule has 3 nitrogen and oxygen atoms in total. The Balaban J connectivity index is 2.16. The topological polar surface area (TPSA) is 50.9 Å². The van der Waals surface area contributed by atoms with E-state index in [4.69, 9.17) is 5.73 Å². The number of aryl methyl sites for hydroxylation is 1. The van der Waals surface area contributed by atoms with Crippen molar-refractivity contribution in [2.24, 2.45) is 0 Å². The summed E-state index contributed by atoms with van der Waals surface area (Å²) >= 11 is 0. The molecule has 1 heterocycles. The molecule has 1 aromatic heterocycles. The largest absolute Gasteiger partial charge is 0.397 e. The molecule has 0 spiro atoms. The van der Waals surface area contributed by atoms with Gasteiger partial charge in [-0.2, -0.15) is 0 Å². The van der Waals surface area contributed by atoms with Gasteiger partial charge in [-0.15, -0.1) is 0 Å². The predicted molar refractivity (Wildman–Crippen MR) is 63.9 cm³/mol. The highest BCUT2D eigenvalue weighted by molar-refractivity contribution is 5.52. The average molecular weight is 205 g/mol. The van der Waals surface area contributed by atoms with Crippen LogP contribution in [0.1, 0.15) is 38.2 Å². The van der Waals surface area contributed by atoms with Gasteiger partial charge in [-0.1, -0.05) is 6.92 Å². The molecule has 0 amide bonds. The molecule has 0 bridgehead atoms. The fourth-order valence-electron chi connectivity index (χ4n) is 2.15. The highest BCUT2D eigenvalue weighted by atomic mass is 15.1. The van der Waals surface area contributed by atoms with Crippen LogP contribution in [0.25, 0.3) is 0 Å². The van der Waals surface area contributed by atoms with Gasteiger partial charge in [-0.3, -0.25) is 0 Å². The minimum atomic E-state index is 0.299. The van der Waals surface area contributed by atoms with E-state index in [9.17, 15) is 0 Å². The second kappa shape index (κ2) is 3.72. The summed E-state index contributed by atoms with van der Waals surface area (Å²) in [5.74, 6) is 0.991. The van der Waals surface area contributed by atoms with Crippen LogP contribution in [0.15, 0.2) is 12.3 Å². The van der Waals surface area contributed by atoms with Gasteiger partial charge in [0.2, 0.25) is 0 Å². The Hall–Kier alpha value is -1.25. The van der Waals surface area contributed by atoms with E-state index < -0.39 is 0 Å². The van der Waals surface area contributed by atoms with Crippen LogP contribution in [-0.4, -0.2) is 10.5 Å². The van der Waals surface area contributed by atoms with Crippen molar-refractivity contribution in [3.05, 3.63) is 17.8 Å². The van der Waals surface area contributed by atoms with Gasteiger partial charge in [0.25, 0.3) is 0 Å². The monoisotopic (exact) mass is 205 g/mol. The Morgan fingerprint density at radius 2 is 2.27 bits per heavy atom. The molecule has 0 saturated heterocycles. The number of nitrogens with zero attached hydrogens (tertiary/aromatic N) is 1. The lowest BCUT2D eigenvalue weighted by atomic mass is 9.75. The van der Waals surface area contributed by atoms with E-state index in [-0.39, 0.29) is 0 Å². The van der Waals surface area contributed by atoms with Crippen LogP contribution >= 0.6 is 0 Å². The van der Waals surface area contributed by atoms with Crippen molar-refractivity contribution in [3.63, 3.8) is 0 Å². The van der Waals surface area contributed by atoms with Crippen LogP contribution in [0.5, 0.6) is 0 Å². The van der Waals surface area contributed by atoms with E-state index in [1.54, 1.807) is 6.20 Å². The molecule has 0 unspecified atom stereocenters. The van der Waals surface area contributed by atoms with Gasteiger partial charge in [0.05, 0.1) is 11.9 Å². The second-order valence-electron chi connectivity index (χ2n) is 4.55. The minimum Gasteiger partial charge on any atom is -0.397 e. The first-order valence-corrected chi connectivity index (χ1v) is 5.65. The summed E-state index contributed by atoms with van der Waals surface area (Å²) in [6, 6.07) is 1.97. The van der Waals surface area contributed by atoms with Crippen LogP contribution in [-0.2, 0) is 0 Å². The van der Waals surface area contributed by atoms with Crippen LogP contribution in [0.3, 0.4) is 0 Å². The number of rotatable bonds is 3. The van der Waals surface area contributed by atoms with E-state index in [1.807, 2.05) is 13.0 Å². The normalized spacial score (nSPS) is 18.3. The maximum atomic E-state index is 5.68. The third-order valence-corrected chi connectivity index (χ3v) is 3.47. The first kappa shape index (κ1) is 10.3. The van der Waals surface area contributed by atoms with Gasteiger partial charge >= 0.3 is 0 Å². The number of pyridine rings is 1. The lowest BCUT2D eigenvalue weighted by Gasteiger charge is -2.42. The van der Waals surface area contributed by atoms with Crippen molar-refractivity contribution in [1.82, 2.24) is 4.98 Å². The van der Waals surface area contributed by atoms with Gasteiger partial charge in [-0.05, 0) is 44.2 Å². The summed E-state index contributed by atoms with van der Waals surface area (Å²) in [5.41, 5.74) is 7.85. The zero-order valence-electron chi connectivity index (χ0n) is 9.51. The fraction of sp³-hybridized carbons (Fsp3) is 0.583. The van der Waals surface area contributed by atoms with E-state index >= 15 is 0 Å². The van der Waals surface area contributed by atoms with Crippen molar-refractivity contribution >= 4 is 11.5 Å². The Morgan fingerprint density at radius 1 is 1.53 bits per heavy atom. The Morgan fingerprint density at radius 3 is 2.73 bits per heavy atom. The molecule has 1 saturated carbocycles. The van der Waals surface area contributed by atoms with Gasteiger partial charge < -0.3 is 11.1 Å². The van der Waals surface area contributed by atoms with Crippen molar-refractivity contribution in [3.8, 4) is 0 Å². The fourth-order valence-corrected chi connectivity index (χ4v) is 2.15. The third kappa shape index (κ3) is 1.91. The smallest absolute Gasteiger partial charge is 0.129 e. The predicted octanol–water partition coefficient (Wildman–Crippen LogP) is 2.72. The highest BCUT2D eigenvalue weighted by Crippen LogP contribution is 2.38. The molecule has 0 aliphatic heterocycles. The summed E-state index contributed by atoms with van der Waals surface area (Å²) in [4.78, 5) is 4.36. The standard InChI is InChI=1S/C12H19N3/c1-3-12(5-4-6-12)15-11-9(2)7-10(13)8-14-11/h7-8H,3-6,13H2,1-2H3,(H,14,15). The number of hydrogen-bond donors (Lipinski definition) is 2. The SMILES string of the molecule is CCC1(Nc2ncc(N)cc2C)CCC1. The average Bonchev–Trinajstić information content (AvgIpc) is 2.14. The van der Waals surface area contributed by atoms with Crippen molar-refractivity contribution < 1.29 is 0 Å². The summed E-state index contributed by atoms with van der Waals surface area (Å²) in [6.45, 7) is 4.28. The number of hydrogen-bond acceptors (Lipinski definition) is 3. The molecule has 3 N–H and O–H groups in total. The number of anilines is 2. The molecule has 1 aliphatic carbocycles. The van der Waals surface area contributed by atoms with E-state index in [2.05, 4.69) is 17.2 Å². The van der Waals surface area contributed by atoms with Crippen molar-refractivity contribution in [2.45, 2.75) is 45.1 Å². The molecular weight excluding hydrogens is 186 g/mol. The van der Waals surface area contributed by atoms with Gasteiger partial charge in [0.15, 0.2) is 0 Å². The highest BCUT2D eigenvalue weighted by Gasteiger charge is 2.35. The summed E-state index contributed by atoms with van der Waals surface area (Å²) in [6.07, 6.45) is 6.73. The summed E-state index contributed by atoms with van der Waals surface area (Å²) in [5, 5.41) is 3.57. The first-order valence-electron chi connectivity index (χ1n) is 5.65. The minimum absolute atomic E-state index is 0.299. The number of nitrogens with two attached hydrogens (primary N) is 1. The van der Waals surface area contributed by atoms with Crippen LogP contribution < -0.4 is 11.1 Å². The molecule has 15 heavy (non-hydrogen) atoms. The zero-order valence-corrected chi connectivity index (χ0v) is 9.51. The maximum absolute atomic E-state index is 5.68. The van der Waals surface area contributed by atoms with Gasteiger partial charge in [0, 0.05) is 5.54 Å². The maximum Gasteiger partial charge on any atom is 0.129 e. The molecule has 0 radical (unpaired) electrons. The third-order valence-electron chi connectivity index (χ3n) is 3.47. The van der Waals surface area contributed by atoms with Gasteiger partial charge in [-0.25, -0.2) is 4.98 Å². The van der Waals surface area contributed by atoms with Gasteiger partial charge in [0.1, 0.15) is 5.82 Å². The molecule has 0 atom stereocenters. The molecule has 82 valence electrons. The van der Waals surface area contributed by atoms with E-state index in [1.165, 1.54) is 25.7 Å². The molecule has 1 aromatic rings. The lowest BCUT2D eigenvalue weighted by molar-refractivity contribution is 0.268. The quantitative estimate of drug-likeness (QED) is 0.797. The van der Waals surface area contributed by atoms with Crippen molar-refractivity contribution in [1.29, 1.82) is 0 Å². The van der Waals surface area contributed by atoms with Crippen LogP contribution in [0.4, 0.5) is 11.5 Å². The Labute approximate surface area is 91.1 Å². The first-order chi connectivity index (χ1) is 7.15. The molecule has 1 aliphatic rings. The Kier molecular flexibility index (Phi) is 2.55. The number of aromatic nitrogens is 1. The molecule has 2 rings (SSSR count). The molecule has 3 heteroatoms. The molecular formula is C12H19N3.